The molecule has 1 aromatic rings. The van der Waals surface area contributed by atoms with E-state index in [2.05, 4.69) is 33.0 Å². The zero-order valence-electron chi connectivity index (χ0n) is 13.4. The normalized spacial score (nSPS) is 11.4. The lowest BCUT2D eigenvalue weighted by Gasteiger charge is -2.25. The lowest BCUT2D eigenvalue weighted by Crippen LogP contribution is -2.34. The van der Waals surface area contributed by atoms with Crippen LogP contribution in [-0.4, -0.2) is 26.3 Å². The highest BCUT2D eigenvalue weighted by Crippen LogP contribution is 2.28. The van der Waals surface area contributed by atoms with Gasteiger partial charge in [0.15, 0.2) is 11.5 Å². The maximum atomic E-state index is 5.96. The van der Waals surface area contributed by atoms with Crippen LogP contribution in [0.3, 0.4) is 0 Å². The van der Waals surface area contributed by atoms with E-state index in [0.29, 0.717) is 6.61 Å². The monoisotopic (exact) mass is 279 g/mol. The van der Waals surface area contributed by atoms with Gasteiger partial charge in [0.1, 0.15) is 0 Å². The van der Waals surface area contributed by atoms with Crippen LogP contribution in [0.25, 0.3) is 0 Å². The molecular weight excluding hydrogens is 250 g/mol. The molecule has 0 aliphatic heterocycles. The van der Waals surface area contributed by atoms with Crippen molar-refractivity contribution in [2.24, 2.45) is 5.41 Å². The largest absolute Gasteiger partial charge is 0.490 e. The Kier molecular flexibility index (Phi) is 7.45. The first-order valence-corrected chi connectivity index (χ1v) is 7.64. The fraction of sp³-hybridized carbons (Fsp3) is 0.647. The predicted octanol–water partition coefficient (Wildman–Crippen LogP) is 3.88. The summed E-state index contributed by atoms with van der Waals surface area (Å²) in [5.41, 5.74) is 0.104. The molecule has 0 fully saturated rings. The molecule has 3 heteroatoms. The minimum absolute atomic E-state index is 0.104. The van der Waals surface area contributed by atoms with E-state index in [4.69, 9.17) is 9.47 Å². The van der Waals surface area contributed by atoms with E-state index in [0.717, 1.165) is 44.0 Å². The molecule has 0 saturated heterocycles. The van der Waals surface area contributed by atoms with Gasteiger partial charge in [-0.15, -0.1) is 0 Å². The molecule has 0 amide bonds. The molecule has 0 saturated carbocycles. The molecular formula is C17H29NO2. The highest BCUT2D eigenvalue weighted by atomic mass is 16.5. The van der Waals surface area contributed by atoms with Crippen molar-refractivity contribution in [2.45, 2.75) is 40.5 Å². The molecule has 0 radical (unpaired) electrons. The summed E-state index contributed by atoms with van der Waals surface area (Å²) in [6.07, 6.45) is 2.16. The highest BCUT2D eigenvalue weighted by molar-refractivity contribution is 5.39. The summed E-state index contributed by atoms with van der Waals surface area (Å²) in [6.45, 7) is 12.1. The van der Waals surface area contributed by atoms with Crippen molar-refractivity contribution in [3.63, 3.8) is 0 Å². The third-order valence-corrected chi connectivity index (χ3v) is 2.96. The number of rotatable bonds is 10. The van der Waals surface area contributed by atoms with Crippen LogP contribution in [-0.2, 0) is 0 Å². The van der Waals surface area contributed by atoms with E-state index in [9.17, 15) is 0 Å². The molecule has 1 N–H and O–H groups in total. The van der Waals surface area contributed by atoms with Gasteiger partial charge in [-0.1, -0.05) is 39.8 Å². The van der Waals surface area contributed by atoms with Crippen molar-refractivity contribution in [3.8, 4) is 11.5 Å². The van der Waals surface area contributed by atoms with E-state index in [-0.39, 0.29) is 5.41 Å². The van der Waals surface area contributed by atoms with E-state index in [1.165, 1.54) is 0 Å². The third kappa shape index (κ3) is 6.29. The zero-order chi connectivity index (χ0) is 14.8. The summed E-state index contributed by atoms with van der Waals surface area (Å²) in [5.74, 6) is 1.68. The van der Waals surface area contributed by atoms with Gasteiger partial charge < -0.3 is 14.8 Å². The van der Waals surface area contributed by atoms with Crippen molar-refractivity contribution in [2.75, 3.05) is 26.3 Å². The van der Waals surface area contributed by atoms with Crippen molar-refractivity contribution in [1.82, 2.24) is 5.32 Å². The number of benzene rings is 1. The first-order chi connectivity index (χ1) is 9.59. The number of hydrogen-bond donors (Lipinski definition) is 1. The second-order valence-electron chi connectivity index (χ2n) is 5.92. The number of ether oxygens (including phenoxy) is 2. The molecule has 0 spiro atoms. The molecule has 0 unspecified atom stereocenters. The predicted molar refractivity (Wildman–Crippen MR) is 84.7 cm³/mol. The first-order valence-electron chi connectivity index (χ1n) is 7.64. The van der Waals surface area contributed by atoms with Crippen LogP contribution in [0.4, 0.5) is 0 Å². The van der Waals surface area contributed by atoms with Crippen LogP contribution in [0, 0.1) is 5.41 Å². The summed E-state index contributed by atoms with van der Waals surface area (Å²) in [7, 11) is 0. The summed E-state index contributed by atoms with van der Waals surface area (Å²) in [6, 6.07) is 7.90. The van der Waals surface area contributed by atoms with E-state index in [1.807, 2.05) is 24.3 Å². The second-order valence-corrected chi connectivity index (χ2v) is 5.92. The topological polar surface area (TPSA) is 30.5 Å². The van der Waals surface area contributed by atoms with Crippen molar-refractivity contribution in [1.29, 1.82) is 0 Å². The summed E-state index contributed by atoms with van der Waals surface area (Å²) < 4.78 is 11.7. The standard InChI is InChI=1S/C17H29NO2/c1-5-11-18-13-17(3,4)14-20-16-10-8-7-9-15(16)19-12-6-2/h7-10,18H,5-6,11-14H2,1-4H3. The van der Waals surface area contributed by atoms with Gasteiger partial charge in [0.2, 0.25) is 0 Å². The van der Waals surface area contributed by atoms with E-state index >= 15 is 0 Å². The highest BCUT2D eigenvalue weighted by Gasteiger charge is 2.19. The summed E-state index contributed by atoms with van der Waals surface area (Å²) in [5, 5.41) is 3.45. The minimum Gasteiger partial charge on any atom is -0.490 e. The third-order valence-electron chi connectivity index (χ3n) is 2.96. The summed E-state index contributed by atoms with van der Waals surface area (Å²) >= 11 is 0. The maximum absolute atomic E-state index is 5.96. The molecule has 114 valence electrons. The summed E-state index contributed by atoms with van der Waals surface area (Å²) in [4.78, 5) is 0. The number of nitrogens with one attached hydrogen (secondary N) is 1. The van der Waals surface area contributed by atoms with Crippen LogP contribution >= 0.6 is 0 Å². The van der Waals surface area contributed by atoms with Crippen molar-refractivity contribution >= 4 is 0 Å². The van der Waals surface area contributed by atoms with Crippen LogP contribution < -0.4 is 14.8 Å². The minimum atomic E-state index is 0.104. The SMILES string of the molecule is CCCNCC(C)(C)COc1ccccc1OCCC. The van der Waals surface area contributed by atoms with Crippen LogP contribution in [0.5, 0.6) is 11.5 Å². The molecule has 0 aliphatic carbocycles. The Bertz CT molecular complexity index is 377. The van der Waals surface area contributed by atoms with Gasteiger partial charge in [-0.05, 0) is 31.5 Å². The fourth-order valence-electron chi connectivity index (χ4n) is 1.83. The van der Waals surface area contributed by atoms with Crippen molar-refractivity contribution in [3.05, 3.63) is 24.3 Å². The maximum Gasteiger partial charge on any atom is 0.161 e. The second kappa shape index (κ2) is 8.85. The van der Waals surface area contributed by atoms with Crippen LogP contribution in [0.2, 0.25) is 0 Å². The molecule has 0 heterocycles. The van der Waals surface area contributed by atoms with Gasteiger partial charge >= 0.3 is 0 Å². The first kappa shape index (κ1) is 16.8. The van der Waals surface area contributed by atoms with Gasteiger partial charge in [0.25, 0.3) is 0 Å². The van der Waals surface area contributed by atoms with Gasteiger partial charge in [-0.25, -0.2) is 0 Å². The smallest absolute Gasteiger partial charge is 0.161 e. The quantitative estimate of drug-likeness (QED) is 0.659. The molecule has 0 bridgehead atoms. The lowest BCUT2D eigenvalue weighted by atomic mass is 9.95. The molecule has 1 aromatic carbocycles. The Morgan fingerprint density at radius 3 is 2.25 bits per heavy atom. The zero-order valence-corrected chi connectivity index (χ0v) is 13.4. The van der Waals surface area contributed by atoms with Gasteiger partial charge in [0.05, 0.1) is 13.2 Å². The Morgan fingerprint density at radius 1 is 1.00 bits per heavy atom. The number of para-hydroxylation sites is 2. The van der Waals surface area contributed by atoms with E-state index < -0.39 is 0 Å². The van der Waals surface area contributed by atoms with Crippen molar-refractivity contribution < 1.29 is 9.47 Å². The average Bonchev–Trinajstić information content (AvgIpc) is 2.44. The lowest BCUT2D eigenvalue weighted by molar-refractivity contribution is 0.169. The molecule has 3 nitrogen and oxygen atoms in total. The Morgan fingerprint density at radius 2 is 1.65 bits per heavy atom. The van der Waals surface area contributed by atoms with Gasteiger partial charge in [-0.2, -0.15) is 0 Å². The fourth-order valence-corrected chi connectivity index (χ4v) is 1.83. The Balaban J connectivity index is 2.51. The molecule has 0 atom stereocenters. The molecule has 0 aliphatic rings. The average molecular weight is 279 g/mol. The van der Waals surface area contributed by atoms with Gasteiger partial charge in [0, 0.05) is 12.0 Å². The molecule has 0 aromatic heterocycles. The van der Waals surface area contributed by atoms with Crippen LogP contribution in [0.1, 0.15) is 40.5 Å². The van der Waals surface area contributed by atoms with Crippen LogP contribution in [0.15, 0.2) is 24.3 Å². The number of hydrogen-bond acceptors (Lipinski definition) is 3. The van der Waals surface area contributed by atoms with Gasteiger partial charge in [-0.3, -0.25) is 0 Å². The van der Waals surface area contributed by atoms with E-state index in [1.54, 1.807) is 0 Å². The Labute approximate surface area is 123 Å². The molecule has 20 heavy (non-hydrogen) atoms. The molecule has 1 rings (SSSR count). The Hall–Kier alpha value is -1.22.